The van der Waals surface area contributed by atoms with E-state index in [0.29, 0.717) is 9.13 Å². The minimum atomic E-state index is -1.17. The van der Waals surface area contributed by atoms with Gasteiger partial charge in [-0.25, -0.2) is 18.9 Å². The number of urea groups is 1. The zero-order valence-corrected chi connectivity index (χ0v) is 18.0. The molecule has 0 bridgehead atoms. The first-order valence-corrected chi connectivity index (χ1v) is 9.68. The number of aliphatic carboxylic acids is 1. The average molecular weight is 540 g/mol. The molecule has 1 aliphatic rings. The zero-order chi connectivity index (χ0) is 22.7. The van der Waals surface area contributed by atoms with E-state index in [-0.39, 0.29) is 22.8 Å². The summed E-state index contributed by atoms with van der Waals surface area (Å²) in [6.07, 6.45) is 1.26. The fourth-order valence-electron chi connectivity index (χ4n) is 2.75. The normalized spacial score (nSPS) is 15.1. The minimum absolute atomic E-state index is 0.0897. The summed E-state index contributed by atoms with van der Waals surface area (Å²) < 4.78 is 24.1. The topological polar surface area (TPSA) is 122 Å². The Morgan fingerprint density at radius 2 is 1.90 bits per heavy atom. The maximum Gasteiger partial charge on any atom is 0.341 e. The molecule has 160 valence electrons. The van der Waals surface area contributed by atoms with Gasteiger partial charge in [0.15, 0.2) is 18.1 Å². The Morgan fingerprint density at radius 1 is 1.23 bits per heavy atom. The number of amides is 4. The van der Waals surface area contributed by atoms with E-state index in [9.17, 15) is 23.6 Å². The van der Waals surface area contributed by atoms with E-state index in [1.165, 1.54) is 31.4 Å². The van der Waals surface area contributed by atoms with Crippen molar-refractivity contribution in [2.24, 2.45) is 0 Å². The van der Waals surface area contributed by atoms with Gasteiger partial charge in [-0.1, -0.05) is 0 Å². The van der Waals surface area contributed by atoms with Crippen molar-refractivity contribution in [2.45, 2.75) is 0 Å². The van der Waals surface area contributed by atoms with Crippen LogP contribution in [0.3, 0.4) is 0 Å². The molecule has 0 aliphatic carbocycles. The van der Waals surface area contributed by atoms with E-state index in [1.807, 2.05) is 22.6 Å². The van der Waals surface area contributed by atoms with Gasteiger partial charge in [-0.15, -0.1) is 0 Å². The highest BCUT2D eigenvalue weighted by Gasteiger charge is 2.36. The molecule has 2 aromatic carbocycles. The number of carbonyl (C=O) groups is 4. The van der Waals surface area contributed by atoms with Crippen LogP contribution in [0.1, 0.15) is 5.56 Å². The summed E-state index contributed by atoms with van der Waals surface area (Å²) in [6.45, 7) is -0.581. The van der Waals surface area contributed by atoms with Gasteiger partial charge in [0.25, 0.3) is 11.8 Å². The molecule has 31 heavy (non-hydrogen) atoms. The van der Waals surface area contributed by atoms with Crippen molar-refractivity contribution < 1.29 is 38.1 Å². The van der Waals surface area contributed by atoms with Gasteiger partial charge in [-0.05, 0) is 70.6 Å². The number of carboxylic acid groups (broad SMARTS) is 1. The number of carboxylic acids is 1. The molecule has 0 atom stereocenters. The fourth-order valence-corrected chi connectivity index (χ4v) is 3.53. The maximum absolute atomic E-state index is 13.2. The summed E-state index contributed by atoms with van der Waals surface area (Å²) in [4.78, 5) is 48.9. The smallest absolute Gasteiger partial charge is 0.341 e. The molecule has 3 rings (SSSR count). The number of hydrogen-bond donors (Lipinski definition) is 2. The number of nitrogens with one attached hydrogen (secondary N) is 1. The van der Waals surface area contributed by atoms with Crippen molar-refractivity contribution in [2.75, 3.05) is 18.6 Å². The Labute approximate surface area is 188 Å². The third-order valence-corrected chi connectivity index (χ3v) is 4.89. The number of nitrogens with zero attached hydrogens (tertiary/aromatic N) is 1. The quantitative estimate of drug-likeness (QED) is 0.328. The average Bonchev–Trinajstić information content (AvgIpc) is 2.71. The Balaban J connectivity index is 1.99. The summed E-state index contributed by atoms with van der Waals surface area (Å²) in [5.74, 6) is -3.12. The lowest BCUT2D eigenvalue weighted by Gasteiger charge is -2.26. The van der Waals surface area contributed by atoms with Crippen molar-refractivity contribution in [1.82, 2.24) is 5.32 Å². The van der Waals surface area contributed by atoms with E-state index in [2.05, 4.69) is 5.32 Å². The predicted molar refractivity (Wildman–Crippen MR) is 114 cm³/mol. The number of ether oxygens (including phenoxy) is 2. The Bertz CT molecular complexity index is 1120. The van der Waals surface area contributed by atoms with E-state index < -0.39 is 36.2 Å². The molecule has 0 unspecified atom stereocenters. The van der Waals surface area contributed by atoms with Crippen LogP contribution in [-0.2, 0) is 14.4 Å². The van der Waals surface area contributed by atoms with Crippen LogP contribution in [0.15, 0.2) is 42.0 Å². The molecule has 11 heteroatoms. The minimum Gasteiger partial charge on any atom is -0.493 e. The third kappa shape index (κ3) is 4.82. The van der Waals surface area contributed by atoms with Crippen molar-refractivity contribution >= 4 is 58.2 Å². The first-order valence-electron chi connectivity index (χ1n) is 8.60. The number of hydrogen-bond acceptors (Lipinski definition) is 6. The summed E-state index contributed by atoms with van der Waals surface area (Å²) in [6, 6.07) is 6.68. The van der Waals surface area contributed by atoms with Gasteiger partial charge in [-0.3, -0.25) is 14.9 Å². The molecule has 0 spiro atoms. The number of methoxy groups -OCH3 is 1. The molecule has 1 fully saturated rings. The lowest BCUT2D eigenvalue weighted by atomic mass is 10.1. The van der Waals surface area contributed by atoms with E-state index in [1.54, 1.807) is 6.07 Å². The first kappa shape index (κ1) is 22.2. The lowest BCUT2D eigenvalue weighted by molar-refractivity contribution is -0.139. The van der Waals surface area contributed by atoms with Gasteiger partial charge < -0.3 is 14.6 Å². The van der Waals surface area contributed by atoms with Crippen molar-refractivity contribution in [1.29, 1.82) is 0 Å². The lowest BCUT2D eigenvalue weighted by Crippen LogP contribution is -2.54. The highest BCUT2D eigenvalue weighted by Crippen LogP contribution is 2.35. The van der Waals surface area contributed by atoms with Crippen molar-refractivity contribution in [3.05, 3.63) is 56.9 Å². The Kier molecular flexibility index (Phi) is 6.53. The number of barbiturate groups is 1. The van der Waals surface area contributed by atoms with Gasteiger partial charge in [0.1, 0.15) is 11.4 Å². The molecule has 9 nitrogen and oxygen atoms in total. The van der Waals surface area contributed by atoms with E-state index in [0.717, 1.165) is 17.0 Å². The molecular formula is C20H14FIN2O7. The van der Waals surface area contributed by atoms with Crippen LogP contribution in [0.2, 0.25) is 0 Å². The van der Waals surface area contributed by atoms with Crippen LogP contribution in [0.4, 0.5) is 14.9 Å². The number of rotatable bonds is 6. The summed E-state index contributed by atoms with van der Waals surface area (Å²) in [5, 5.41) is 10.9. The van der Waals surface area contributed by atoms with Crippen molar-refractivity contribution in [3.8, 4) is 11.5 Å². The monoisotopic (exact) mass is 540 g/mol. The Morgan fingerprint density at radius 3 is 2.52 bits per heavy atom. The highest BCUT2D eigenvalue weighted by molar-refractivity contribution is 14.1. The molecule has 1 heterocycles. The number of halogens is 2. The molecule has 2 N–H and O–H groups in total. The van der Waals surface area contributed by atoms with E-state index >= 15 is 0 Å². The van der Waals surface area contributed by atoms with Gasteiger partial charge in [-0.2, -0.15) is 0 Å². The molecule has 0 radical (unpaired) electrons. The molecule has 2 aromatic rings. The van der Waals surface area contributed by atoms with Crippen molar-refractivity contribution in [3.63, 3.8) is 0 Å². The van der Waals surface area contributed by atoms with Gasteiger partial charge >= 0.3 is 12.0 Å². The molecule has 4 amide bonds. The number of benzene rings is 2. The maximum atomic E-state index is 13.2. The fraction of sp³-hybridized carbons (Fsp3) is 0.100. The SMILES string of the molecule is COc1cc(/C=C2\C(=O)NC(=O)N(c3ccc(F)cc3)C2=O)cc(I)c1OCC(=O)O. The summed E-state index contributed by atoms with van der Waals surface area (Å²) >= 11 is 1.89. The molecular weight excluding hydrogens is 526 g/mol. The van der Waals surface area contributed by atoms with Crippen LogP contribution < -0.4 is 19.7 Å². The summed E-state index contributed by atoms with van der Waals surface area (Å²) in [5.41, 5.74) is 0.128. The van der Waals surface area contributed by atoms with Crippen LogP contribution in [0.5, 0.6) is 11.5 Å². The predicted octanol–water partition coefficient (Wildman–Crippen LogP) is 2.57. The summed E-state index contributed by atoms with van der Waals surface area (Å²) in [7, 11) is 1.35. The molecule has 0 aromatic heterocycles. The Hall–Kier alpha value is -3.48. The van der Waals surface area contributed by atoms with Gasteiger partial charge in [0.05, 0.1) is 16.4 Å². The third-order valence-electron chi connectivity index (χ3n) is 4.09. The number of carbonyl (C=O) groups excluding carboxylic acids is 3. The molecule has 1 saturated heterocycles. The van der Waals surface area contributed by atoms with Crippen LogP contribution in [0, 0.1) is 9.39 Å². The number of anilines is 1. The largest absolute Gasteiger partial charge is 0.493 e. The second-order valence-electron chi connectivity index (χ2n) is 6.15. The highest BCUT2D eigenvalue weighted by atomic mass is 127. The van der Waals surface area contributed by atoms with Gasteiger partial charge in [0, 0.05) is 0 Å². The standard InChI is InChI=1S/C20H14FIN2O7/c1-30-15-8-10(7-14(22)17(15)31-9-16(25)26)6-13-18(27)23-20(29)24(19(13)28)12-4-2-11(21)3-5-12/h2-8H,9H2,1H3,(H,25,26)(H,23,27,29)/b13-6+. The van der Waals surface area contributed by atoms with E-state index in [4.69, 9.17) is 14.6 Å². The first-order chi connectivity index (χ1) is 14.7. The zero-order valence-electron chi connectivity index (χ0n) is 15.8. The molecule has 1 aliphatic heterocycles. The van der Waals surface area contributed by atoms with Crippen LogP contribution in [-0.4, -0.2) is 42.6 Å². The van der Waals surface area contributed by atoms with Gasteiger partial charge in [0.2, 0.25) is 0 Å². The number of imide groups is 2. The van der Waals surface area contributed by atoms with Crippen LogP contribution >= 0.6 is 22.6 Å². The van der Waals surface area contributed by atoms with Crippen LogP contribution in [0.25, 0.3) is 6.08 Å². The second-order valence-corrected chi connectivity index (χ2v) is 7.31. The molecule has 0 saturated carbocycles. The second kappa shape index (κ2) is 9.12.